The van der Waals surface area contributed by atoms with Gasteiger partial charge in [0.2, 0.25) is 0 Å². The second kappa shape index (κ2) is 7.48. The van der Waals surface area contributed by atoms with Gasteiger partial charge in [-0.05, 0) is 48.9 Å². The van der Waals surface area contributed by atoms with Gasteiger partial charge >= 0.3 is 5.97 Å². The number of fused-ring (bicyclic) bond motifs is 1. The van der Waals surface area contributed by atoms with Gasteiger partial charge in [-0.25, -0.2) is 4.79 Å². The van der Waals surface area contributed by atoms with Crippen LogP contribution in [-0.4, -0.2) is 15.6 Å². The van der Waals surface area contributed by atoms with E-state index in [-0.39, 0.29) is 0 Å². The molecule has 0 fully saturated rings. The summed E-state index contributed by atoms with van der Waals surface area (Å²) in [4.78, 5) is 11.4. The fourth-order valence-corrected chi connectivity index (χ4v) is 3.06. The quantitative estimate of drug-likeness (QED) is 0.741. The molecule has 0 bridgehead atoms. The number of unbranched alkanes of at least 4 members (excludes halogenated alkanes) is 2. The Kier molecular flexibility index (Phi) is 5.64. The Hall–Kier alpha value is -1.77. The van der Waals surface area contributed by atoms with Gasteiger partial charge < -0.3 is 9.67 Å². The molecule has 1 N–H and O–H groups in total. The van der Waals surface area contributed by atoms with Crippen LogP contribution in [-0.2, 0) is 19.4 Å². The molecule has 1 heterocycles. The molecule has 0 unspecified atom stereocenters. The van der Waals surface area contributed by atoms with E-state index in [1.807, 2.05) is 12.1 Å². The zero-order valence-corrected chi connectivity index (χ0v) is 14.0. The van der Waals surface area contributed by atoms with Crippen LogP contribution in [0.25, 0.3) is 10.9 Å². The number of benzene rings is 1. The predicted octanol–water partition coefficient (Wildman–Crippen LogP) is 5.04. The fourth-order valence-electron chi connectivity index (χ4n) is 3.06. The van der Waals surface area contributed by atoms with E-state index >= 15 is 0 Å². The van der Waals surface area contributed by atoms with Crippen LogP contribution in [0.1, 0.15) is 67.9 Å². The first-order valence-corrected chi connectivity index (χ1v) is 8.50. The summed E-state index contributed by atoms with van der Waals surface area (Å²) in [5, 5.41) is 10.5. The SMILES string of the molecule is CCCCc1cn(CCCC)c2c(CC)cc(C(=O)O)cc12. The van der Waals surface area contributed by atoms with Crippen molar-refractivity contribution in [3.05, 3.63) is 35.0 Å². The Morgan fingerprint density at radius 3 is 2.41 bits per heavy atom. The summed E-state index contributed by atoms with van der Waals surface area (Å²) in [6.45, 7) is 7.51. The molecular weight excluding hydrogens is 274 g/mol. The first-order chi connectivity index (χ1) is 10.6. The number of carboxylic acids is 1. The highest BCUT2D eigenvalue weighted by Crippen LogP contribution is 2.29. The molecule has 1 aromatic heterocycles. The lowest BCUT2D eigenvalue weighted by Crippen LogP contribution is -2.01. The minimum Gasteiger partial charge on any atom is -0.478 e. The van der Waals surface area contributed by atoms with E-state index in [0.29, 0.717) is 5.56 Å². The standard InChI is InChI=1S/C19H27NO2/c1-4-7-9-15-13-20(10-8-5-2)18-14(6-3)11-16(19(21)22)12-17(15)18/h11-13H,4-10H2,1-3H3,(H,21,22). The maximum atomic E-state index is 11.4. The third-order valence-electron chi connectivity index (χ3n) is 4.31. The minimum absolute atomic E-state index is 0.412. The molecule has 3 nitrogen and oxygen atoms in total. The molecule has 22 heavy (non-hydrogen) atoms. The van der Waals surface area contributed by atoms with E-state index in [1.165, 1.54) is 17.5 Å². The van der Waals surface area contributed by atoms with Crippen LogP contribution in [0.3, 0.4) is 0 Å². The second-order valence-electron chi connectivity index (χ2n) is 6.00. The van der Waals surface area contributed by atoms with Crippen molar-refractivity contribution in [2.75, 3.05) is 0 Å². The topological polar surface area (TPSA) is 42.2 Å². The average molecular weight is 301 g/mol. The Labute approximate surface area is 133 Å². The van der Waals surface area contributed by atoms with Gasteiger partial charge in [-0.15, -0.1) is 0 Å². The second-order valence-corrected chi connectivity index (χ2v) is 6.00. The summed E-state index contributed by atoms with van der Waals surface area (Å²) in [5.74, 6) is -0.834. The predicted molar refractivity (Wildman–Crippen MR) is 91.8 cm³/mol. The van der Waals surface area contributed by atoms with E-state index in [1.54, 1.807) is 0 Å². The highest BCUT2D eigenvalue weighted by Gasteiger charge is 2.15. The lowest BCUT2D eigenvalue weighted by molar-refractivity contribution is 0.0697. The number of aromatic nitrogens is 1. The molecule has 3 heteroatoms. The summed E-state index contributed by atoms with van der Waals surface area (Å²) in [6, 6.07) is 3.71. The van der Waals surface area contributed by atoms with Gasteiger partial charge in [0, 0.05) is 18.1 Å². The molecule has 120 valence electrons. The smallest absolute Gasteiger partial charge is 0.335 e. The van der Waals surface area contributed by atoms with Gasteiger partial charge in [-0.1, -0.05) is 33.6 Å². The highest BCUT2D eigenvalue weighted by atomic mass is 16.4. The third-order valence-corrected chi connectivity index (χ3v) is 4.31. The Morgan fingerprint density at radius 1 is 1.09 bits per heavy atom. The molecule has 0 amide bonds. The first kappa shape index (κ1) is 16.6. The van der Waals surface area contributed by atoms with E-state index < -0.39 is 5.97 Å². The Balaban J connectivity index is 2.61. The van der Waals surface area contributed by atoms with Crippen molar-refractivity contribution in [3.8, 4) is 0 Å². The van der Waals surface area contributed by atoms with Crippen LogP contribution in [0.15, 0.2) is 18.3 Å². The summed E-state index contributed by atoms with van der Waals surface area (Å²) < 4.78 is 2.34. The maximum Gasteiger partial charge on any atom is 0.335 e. The number of carbonyl (C=O) groups is 1. The molecule has 0 aliphatic carbocycles. The number of nitrogens with zero attached hydrogens (tertiary/aromatic N) is 1. The monoisotopic (exact) mass is 301 g/mol. The van der Waals surface area contributed by atoms with Gasteiger partial charge in [-0.2, -0.15) is 0 Å². The number of hydrogen-bond acceptors (Lipinski definition) is 1. The molecule has 0 saturated carbocycles. The number of aryl methyl sites for hydroxylation is 3. The van der Waals surface area contributed by atoms with Crippen molar-refractivity contribution in [1.82, 2.24) is 4.57 Å². The number of rotatable bonds is 8. The number of carboxylic acid groups (broad SMARTS) is 1. The van der Waals surface area contributed by atoms with E-state index in [2.05, 4.69) is 31.5 Å². The maximum absolute atomic E-state index is 11.4. The Morgan fingerprint density at radius 2 is 1.82 bits per heavy atom. The van der Waals surface area contributed by atoms with Crippen LogP contribution >= 0.6 is 0 Å². The Bertz CT molecular complexity index is 655. The van der Waals surface area contributed by atoms with Crippen molar-refractivity contribution in [2.24, 2.45) is 0 Å². The largest absolute Gasteiger partial charge is 0.478 e. The molecular formula is C19H27NO2. The molecule has 0 aliphatic rings. The minimum atomic E-state index is -0.834. The molecule has 0 saturated heterocycles. The molecule has 0 radical (unpaired) electrons. The fraction of sp³-hybridized carbons (Fsp3) is 0.526. The average Bonchev–Trinajstić information content (AvgIpc) is 2.87. The van der Waals surface area contributed by atoms with E-state index in [0.717, 1.165) is 49.6 Å². The molecule has 0 atom stereocenters. The molecule has 0 spiro atoms. The van der Waals surface area contributed by atoms with Crippen molar-refractivity contribution in [2.45, 2.75) is 65.8 Å². The van der Waals surface area contributed by atoms with Crippen LogP contribution in [0.5, 0.6) is 0 Å². The van der Waals surface area contributed by atoms with Crippen LogP contribution < -0.4 is 0 Å². The summed E-state index contributed by atoms with van der Waals surface area (Å²) in [7, 11) is 0. The zero-order chi connectivity index (χ0) is 16.1. The lowest BCUT2D eigenvalue weighted by atomic mass is 10.0. The van der Waals surface area contributed by atoms with Crippen molar-refractivity contribution in [3.63, 3.8) is 0 Å². The highest BCUT2D eigenvalue weighted by molar-refractivity contribution is 5.96. The molecule has 1 aromatic carbocycles. The number of hydrogen-bond donors (Lipinski definition) is 1. The molecule has 2 rings (SSSR count). The lowest BCUT2D eigenvalue weighted by Gasteiger charge is -2.09. The van der Waals surface area contributed by atoms with Crippen molar-refractivity contribution >= 4 is 16.9 Å². The third kappa shape index (κ3) is 3.34. The summed E-state index contributed by atoms with van der Waals surface area (Å²) in [6.07, 6.45) is 8.76. The van der Waals surface area contributed by atoms with Crippen molar-refractivity contribution < 1.29 is 9.90 Å². The van der Waals surface area contributed by atoms with Crippen LogP contribution in [0.4, 0.5) is 0 Å². The normalized spacial score (nSPS) is 11.2. The van der Waals surface area contributed by atoms with Crippen molar-refractivity contribution in [1.29, 1.82) is 0 Å². The first-order valence-electron chi connectivity index (χ1n) is 8.50. The number of aromatic carboxylic acids is 1. The van der Waals surface area contributed by atoms with Gasteiger partial charge in [0.25, 0.3) is 0 Å². The molecule has 0 aliphatic heterocycles. The van der Waals surface area contributed by atoms with E-state index in [9.17, 15) is 9.90 Å². The van der Waals surface area contributed by atoms with Crippen LogP contribution in [0, 0.1) is 0 Å². The van der Waals surface area contributed by atoms with E-state index in [4.69, 9.17) is 0 Å². The van der Waals surface area contributed by atoms with Gasteiger partial charge in [0.05, 0.1) is 11.1 Å². The summed E-state index contributed by atoms with van der Waals surface area (Å²) in [5.41, 5.74) is 4.10. The summed E-state index contributed by atoms with van der Waals surface area (Å²) >= 11 is 0. The van der Waals surface area contributed by atoms with Gasteiger partial charge in [0.15, 0.2) is 0 Å². The van der Waals surface area contributed by atoms with Gasteiger partial charge in [-0.3, -0.25) is 0 Å². The van der Waals surface area contributed by atoms with Crippen LogP contribution in [0.2, 0.25) is 0 Å². The molecule has 2 aromatic rings. The van der Waals surface area contributed by atoms with Gasteiger partial charge in [0.1, 0.15) is 0 Å². The zero-order valence-electron chi connectivity index (χ0n) is 14.0.